The van der Waals surface area contributed by atoms with Gasteiger partial charge in [-0.3, -0.25) is 4.79 Å². The normalized spacial score (nSPS) is 19.0. The molecule has 2 aliphatic rings. The number of para-hydroxylation sites is 1. The molecule has 5 heteroatoms. The van der Waals surface area contributed by atoms with Gasteiger partial charge in [0, 0.05) is 13.1 Å². The molecule has 0 aromatic heterocycles. The molecule has 130 valence electrons. The minimum Gasteiger partial charge on any atom is -0.454 e. The third-order valence-corrected chi connectivity index (χ3v) is 4.65. The highest BCUT2D eigenvalue weighted by atomic mass is 16.7. The summed E-state index contributed by atoms with van der Waals surface area (Å²) in [6.07, 6.45) is 1.91. The van der Waals surface area contributed by atoms with E-state index in [0.29, 0.717) is 36.8 Å². The van der Waals surface area contributed by atoms with Crippen molar-refractivity contribution in [3.8, 4) is 11.5 Å². The van der Waals surface area contributed by atoms with Crippen molar-refractivity contribution >= 4 is 5.91 Å². The van der Waals surface area contributed by atoms with Gasteiger partial charge >= 0.3 is 0 Å². The predicted octanol–water partition coefficient (Wildman–Crippen LogP) is 2.89. The van der Waals surface area contributed by atoms with Crippen LogP contribution in [0, 0.1) is 0 Å². The van der Waals surface area contributed by atoms with E-state index in [4.69, 9.17) is 14.2 Å². The minimum absolute atomic E-state index is 0.0182. The summed E-state index contributed by atoms with van der Waals surface area (Å²) in [4.78, 5) is 14.8. The average Bonchev–Trinajstić information content (AvgIpc) is 3.16. The van der Waals surface area contributed by atoms with Gasteiger partial charge in [-0.15, -0.1) is 0 Å². The van der Waals surface area contributed by atoms with Crippen LogP contribution in [0.5, 0.6) is 11.5 Å². The third kappa shape index (κ3) is 3.46. The largest absolute Gasteiger partial charge is 0.454 e. The van der Waals surface area contributed by atoms with Gasteiger partial charge in [-0.05, 0) is 30.5 Å². The second-order valence-electron chi connectivity index (χ2n) is 6.31. The molecule has 0 unspecified atom stereocenters. The lowest BCUT2D eigenvalue weighted by atomic mass is 10.1. The molecule has 4 rings (SSSR count). The number of hydrogen-bond acceptors (Lipinski definition) is 4. The van der Waals surface area contributed by atoms with Gasteiger partial charge in [-0.25, -0.2) is 0 Å². The molecule has 1 amide bonds. The van der Waals surface area contributed by atoms with Crippen molar-refractivity contribution in [1.82, 2.24) is 4.90 Å². The smallest absolute Gasteiger partial charge is 0.257 e. The monoisotopic (exact) mass is 339 g/mol. The Hall–Kier alpha value is -2.53. The first-order valence-electron chi connectivity index (χ1n) is 8.64. The van der Waals surface area contributed by atoms with Gasteiger partial charge in [0.1, 0.15) is 0 Å². The van der Waals surface area contributed by atoms with Crippen molar-refractivity contribution in [2.75, 3.05) is 26.5 Å². The highest BCUT2D eigenvalue weighted by Crippen LogP contribution is 2.36. The maximum Gasteiger partial charge on any atom is 0.257 e. The Morgan fingerprint density at radius 2 is 1.96 bits per heavy atom. The Morgan fingerprint density at radius 3 is 2.84 bits per heavy atom. The number of aryl methyl sites for hydroxylation is 1. The third-order valence-electron chi connectivity index (χ3n) is 4.65. The molecule has 1 fully saturated rings. The number of hydrogen-bond donors (Lipinski definition) is 0. The highest BCUT2D eigenvalue weighted by molar-refractivity contribution is 5.98. The van der Waals surface area contributed by atoms with Crippen LogP contribution < -0.4 is 9.47 Å². The molecular weight excluding hydrogens is 318 g/mol. The molecule has 2 heterocycles. The summed E-state index contributed by atoms with van der Waals surface area (Å²) in [5, 5.41) is 0. The number of rotatable bonds is 4. The number of carbonyl (C=O) groups is 1. The fourth-order valence-corrected chi connectivity index (χ4v) is 3.32. The van der Waals surface area contributed by atoms with Crippen molar-refractivity contribution in [2.45, 2.75) is 18.9 Å². The summed E-state index contributed by atoms with van der Waals surface area (Å²) >= 11 is 0. The molecule has 2 aliphatic heterocycles. The van der Waals surface area contributed by atoms with E-state index in [0.717, 1.165) is 12.8 Å². The second kappa shape index (κ2) is 7.15. The molecule has 2 aromatic carbocycles. The zero-order chi connectivity index (χ0) is 17.1. The predicted molar refractivity (Wildman–Crippen MR) is 93.0 cm³/mol. The van der Waals surface area contributed by atoms with Crippen LogP contribution in [-0.4, -0.2) is 43.4 Å². The first-order chi connectivity index (χ1) is 12.3. The Balaban J connectivity index is 1.41. The Morgan fingerprint density at radius 1 is 1.08 bits per heavy atom. The fourth-order valence-electron chi connectivity index (χ4n) is 3.32. The van der Waals surface area contributed by atoms with Gasteiger partial charge in [-0.1, -0.05) is 36.4 Å². The van der Waals surface area contributed by atoms with E-state index < -0.39 is 0 Å². The van der Waals surface area contributed by atoms with Crippen LogP contribution in [0.4, 0.5) is 0 Å². The topological polar surface area (TPSA) is 48.0 Å². The van der Waals surface area contributed by atoms with Crippen molar-refractivity contribution in [1.29, 1.82) is 0 Å². The van der Waals surface area contributed by atoms with Gasteiger partial charge < -0.3 is 19.1 Å². The molecular formula is C20H21NO4. The summed E-state index contributed by atoms with van der Waals surface area (Å²) in [5.41, 5.74) is 1.86. The summed E-state index contributed by atoms with van der Waals surface area (Å²) in [6.45, 7) is 1.95. The van der Waals surface area contributed by atoms with Crippen molar-refractivity contribution in [2.24, 2.45) is 0 Å². The SMILES string of the molecule is O=C(c1cccc2c1OCO2)N1CCO[C@H](CCc2ccccc2)C1. The van der Waals surface area contributed by atoms with Crippen LogP contribution >= 0.6 is 0 Å². The zero-order valence-electron chi connectivity index (χ0n) is 14.0. The molecule has 2 aromatic rings. The van der Waals surface area contributed by atoms with Gasteiger partial charge in [0.2, 0.25) is 6.79 Å². The van der Waals surface area contributed by atoms with Crippen LogP contribution in [0.15, 0.2) is 48.5 Å². The molecule has 0 bridgehead atoms. The summed E-state index contributed by atoms with van der Waals surface area (Å²) in [7, 11) is 0. The van der Waals surface area contributed by atoms with Crippen LogP contribution in [0.3, 0.4) is 0 Å². The number of benzene rings is 2. The first-order valence-corrected chi connectivity index (χ1v) is 8.64. The van der Waals surface area contributed by atoms with E-state index in [-0.39, 0.29) is 18.8 Å². The molecule has 25 heavy (non-hydrogen) atoms. The van der Waals surface area contributed by atoms with E-state index in [1.165, 1.54) is 5.56 Å². The lowest BCUT2D eigenvalue weighted by Crippen LogP contribution is -2.45. The number of morpholine rings is 1. The Labute approximate surface area is 147 Å². The minimum atomic E-state index is -0.0182. The molecule has 1 saturated heterocycles. The molecule has 0 spiro atoms. The molecule has 5 nitrogen and oxygen atoms in total. The van der Waals surface area contributed by atoms with Crippen LogP contribution in [0.1, 0.15) is 22.3 Å². The highest BCUT2D eigenvalue weighted by Gasteiger charge is 2.29. The molecule has 0 N–H and O–H groups in total. The van der Waals surface area contributed by atoms with E-state index >= 15 is 0 Å². The Bertz CT molecular complexity index is 747. The van der Waals surface area contributed by atoms with Gasteiger partial charge in [0.15, 0.2) is 11.5 Å². The standard InChI is InChI=1S/C20H21NO4/c22-20(17-7-4-8-18-19(17)25-14-24-18)21-11-12-23-16(13-21)10-9-15-5-2-1-3-6-15/h1-8,16H,9-14H2/t16-/m1/s1. The Kier molecular flexibility index (Phi) is 4.57. The van der Waals surface area contributed by atoms with Crippen LogP contribution in [0.2, 0.25) is 0 Å². The van der Waals surface area contributed by atoms with Crippen LogP contribution in [-0.2, 0) is 11.2 Å². The van der Waals surface area contributed by atoms with E-state index in [2.05, 4.69) is 12.1 Å². The number of fused-ring (bicyclic) bond motifs is 1. The van der Waals surface area contributed by atoms with Crippen molar-refractivity contribution < 1.29 is 19.0 Å². The first kappa shape index (κ1) is 16.0. The second-order valence-corrected chi connectivity index (χ2v) is 6.31. The van der Waals surface area contributed by atoms with Gasteiger partial charge in [0.05, 0.1) is 18.3 Å². The number of nitrogens with zero attached hydrogens (tertiary/aromatic N) is 1. The van der Waals surface area contributed by atoms with Gasteiger partial charge in [0.25, 0.3) is 5.91 Å². The molecule has 0 radical (unpaired) electrons. The quantitative estimate of drug-likeness (QED) is 0.859. The summed E-state index contributed by atoms with van der Waals surface area (Å²) < 4.78 is 16.7. The molecule has 0 saturated carbocycles. The lowest BCUT2D eigenvalue weighted by molar-refractivity contribution is -0.0246. The zero-order valence-corrected chi connectivity index (χ0v) is 14.0. The number of carbonyl (C=O) groups excluding carboxylic acids is 1. The van der Waals surface area contributed by atoms with Gasteiger partial charge in [-0.2, -0.15) is 0 Å². The van der Waals surface area contributed by atoms with E-state index in [1.807, 2.05) is 35.2 Å². The maximum absolute atomic E-state index is 12.9. The molecule has 1 atom stereocenters. The van der Waals surface area contributed by atoms with E-state index in [1.54, 1.807) is 6.07 Å². The number of amides is 1. The van der Waals surface area contributed by atoms with Crippen LogP contribution in [0.25, 0.3) is 0 Å². The summed E-state index contributed by atoms with van der Waals surface area (Å²) in [5.74, 6) is 1.18. The van der Waals surface area contributed by atoms with Crippen molar-refractivity contribution in [3.05, 3.63) is 59.7 Å². The van der Waals surface area contributed by atoms with Crippen molar-refractivity contribution in [3.63, 3.8) is 0 Å². The van der Waals surface area contributed by atoms with E-state index in [9.17, 15) is 4.79 Å². The fraction of sp³-hybridized carbons (Fsp3) is 0.350. The summed E-state index contributed by atoms with van der Waals surface area (Å²) in [6, 6.07) is 15.8. The molecule has 0 aliphatic carbocycles. The maximum atomic E-state index is 12.9. The number of ether oxygens (including phenoxy) is 3. The lowest BCUT2D eigenvalue weighted by Gasteiger charge is -2.33. The average molecular weight is 339 g/mol.